The van der Waals surface area contributed by atoms with Crippen molar-refractivity contribution in [3.63, 3.8) is 0 Å². The molecule has 7 heteroatoms. The molecule has 0 fully saturated rings. The van der Waals surface area contributed by atoms with Gasteiger partial charge in [-0.15, -0.1) is 16.7 Å². The molecule has 0 amide bonds. The van der Waals surface area contributed by atoms with Gasteiger partial charge in [0.05, 0.1) is 24.3 Å². The normalized spacial score (nSPS) is 13.0. The molecule has 26 heavy (non-hydrogen) atoms. The number of hydrogen-bond acceptors (Lipinski definition) is 4. The average Bonchev–Trinajstić information content (AvgIpc) is 3.04. The molecule has 0 bridgehead atoms. The topological polar surface area (TPSA) is 77.2 Å². The number of aromatic nitrogens is 3. The van der Waals surface area contributed by atoms with Crippen LogP contribution in [-0.4, -0.2) is 26.1 Å². The summed E-state index contributed by atoms with van der Waals surface area (Å²) in [5.74, 6) is -0.559. The standard InChI is InChI=1S/C19H26ClN3O3/c1-5-8-23-11-16(21-22-23)12-26-17(19(3,4)18(24)25)14-7-6-13(2)15(9-14)10-20/h6-7,9,11,17H,5,8,10,12H2,1-4H3,(H,24,25). The van der Waals surface area contributed by atoms with Crippen molar-refractivity contribution >= 4 is 17.6 Å². The zero-order chi connectivity index (χ0) is 19.3. The quantitative estimate of drug-likeness (QED) is 0.663. The lowest BCUT2D eigenvalue weighted by Gasteiger charge is -2.31. The molecular weight excluding hydrogens is 354 g/mol. The molecule has 142 valence electrons. The van der Waals surface area contributed by atoms with Gasteiger partial charge in [-0.05, 0) is 43.9 Å². The molecule has 0 saturated carbocycles. The summed E-state index contributed by atoms with van der Waals surface area (Å²) in [5.41, 5.74) is 2.39. The van der Waals surface area contributed by atoms with Gasteiger partial charge in [0.15, 0.2) is 0 Å². The SMILES string of the molecule is CCCn1cc(COC(c2ccc(C)c(CCl)c2)C(C)(C)C(=O)O)nn1. The monoisotopic (exact) mass is 379 g/mol. The second-order valence-corrected chi connectivity index (χ2v) is 7.28. The molecule has 2 rings (SSSR count). The molecular formula is C19H26ClN3O3. The highest BCUT2D eigenvalue weighted by Gasteiger charge is 2.39. The number of carbonyl (C=O) groups is 1. The van der Waals surface area contributed by atoms with E-state index in [1.54, 1.807) is 18.5 Å². The van der Waals surface area contributed by atoms with E-state index in [9.17, 15) is 9.90 Å². The summed E-state index contributed by atoms with van der Waals surface area (Å²) in [4.78, 5) is 11.8. The third-order valence-electron chi connectivity index (χ3n) is 4.46. The Bertz CT molecular complexity index is 758. The Hall–Kier alpha value is -1.92. The van der Waals surface area contributed by atoms with E-state index in [0.29, 0.717) is 11.6 Å². The third-order valence-corrected chi connectivity index (χ3v) is 4.75. The maximum absolute atomic E-state index is 11.8. The lowest BCUT2D eigenvalue weighted by molar-refractivity contribution is -0.158. The zero-order valence-electron chi connectivity index (χ0n) is 15.7. The van der Waals surface area contributed by atoms with Gasteiger partial charge in [0, 0.05) is 12.4 Å². The summed E-state index contributed by atoms with van der Waals surface area (Å²) in [5, 5.41) is 17.8. The second-order valence-electron chi connectivity index (χ2n) is 7.01. The van der Waals surface area contributed by atoms with E-state index in [1.165, 1.54) is 0 Å². The Morgan fingerprint density at radius 2 is 2.15 bits per heavy atom. The number of rotatable bonds is 9. The first-order chi connectivity index (χ1) is 12.3. The highest BCUT2D eigenvalue weighted by molar-refractivity contribution is 6.17. The van der Waals surface area contributed by atoms with E-state index in [1.807, 2.05) is 31.3 Å². The molecule has 1 aromatic heterocycles. The number of hydrogen-bond donors (Lipinski definition) is 1. The summed E-state index contributed by atoms with van der Waals surface area (Å²) in [6.07, 6.45) is 2.15. The Morgan fingerprint density at radius 1 is 1.42 bits per heavy atom. The lowest BCUT2D eigenvalue weighted by Crippen LogP contribution is -2.33. The van der Waals surface area contributed by atoms with Gasteiger partial charge in [-0.1, -0.05) is 30.3 Å². The number of halogens is 1. The molecule has 0 aliphatic heterocycles. The first-order valence-electron chi connectivity index (χ1n) is 8.69. The summed E-state index contributed by atoms with van der Waals surface area (Å²) in [6, 6.07) is 5.76. The number of nitrogens with zero attached hydrogens (tertiary/aromatic N) is 3. The maximum atomic E-state index is 11.8. The van der Waals surface area contributed by atoms with Crippen LogP contribution in [0.2, 0.25) is 0 Å². The van der Waals surface area contributed by atoms with Gasteiger partial charge < -0.3 is 9.84 Å². The van der Waals surface area contributed by atoms with Crippen LogP contribution in [0.4, 0.5) is 0 Å². The van der Waals surface area contributed by atoms with E-state index >= 15 is 0 Å². The van der Waals surface area contributed by atoms with Gasteiger partial charge in [-0.2, -0.15) is 0 Å². The number of ether oxygens (including phenoxy) is 1. The second kappa shape index (κ2) is 8.64. The molecule has 0 saturated heterocycles. The van der Waals surface area contributed by atoms with E-state index in [0.717, 1.165) is 29.7 Å². The van der Waals surface area contributed by atoms with Gasteiger partial charge >= 0.3 is 5.97 Å². The van der Waals surface area contributed by atoms with Crippen molar-refractivity contribution in [1.82, 2.24) is 15.0 Å². The number of aryl methyl sites for hydroxylation is 2. The minimum absolute atomic E-state index is 0.190. The highest BCUT2D eigenvalue weighted by Crippen LogP contribution is 2.38. The van der Waals surface area contributed by atoms with Crippen molar-refractivity contribution < 1.29 is 14.6 Å². The van der Waals surface area contributed by atoms with Crippen molar-refractivity contribution in [2.45, 2.75) is 59.3 Å². The van der Waals surface area contributed by atoms with Crippen LogP contribution in [0.1, 0.15) is 55.7 Å². The van der Waals surface area contributed by atoms with Crippen LogP contribution in [0.3, 0.4) is 0 Å². The summed E-state index contributed by atoms with van der Waals surface area (Å²) >= 11 is 6.01. The Labute approximate surface area is 159 Å². The van der Waals surface area contributed by atoms with Crippen molar-refractivity contribution in [3.05, 3.63) is 46.8 Å². The van der Waals surface area contributed by atoms with Crippen molar-refractivity contribution in [1.29, 1.82) is 0 Å². The number of carboxylic acids is 1. The van der Waals surface area contributed by atoms with Crippen LogP contribution in [-0.2, 0) is 28.6 Å². The third kappa shape index (κ3) is 4.62. The molecule has 0 spiro atoms. The van der Waals surface area contributed by atoms with E-state index in [-0.39, 0.29) is 6.61 Å². The molecule has 1 aromatic carbocycles. The molecule has 6 nitrogen and oxygen atoms in total. The predicted molar refractivity (Wildman–Crippen MR) is 100.0 cm³/mol. The predicted octanol–water partition coefficient (Wildman–Crippen LogP) is 4.10. The summed E-state index contributed by atoms with van der Waals surface area (Å²) in [6.45, 7) is 8.34. The van der Waals surface area contributed by atoms with Gasteiger partial charge in [-0.3, -0.25) is 9.48 Å². The smallest absolute Gasteiger partial charge is 0.312 e. The number of carboxylic acid groups (broad SMARTS) is 1. The fourth-order valence-corrected chi connectivity index (χ4v) is 3.03. The minimum Gasteiger partial charge on any atom is -0.481 e. The Kier molecular flexibility index (Phi) is 6.78. The minimum atomic E-state index is -1.11. The van der Waals surface area contributed by atoms with E-state index in [4.69, 9.17) is 16.3 Å². The number of aliphatic carboxylic acids is 1. The average molecular weight is 380 g/mol. The van der Waals surface area contributed by atoms with Crippen LogP contribution in [0.5, 0.6) is 0 Å². The summed E-state index contributed by atoms with van der Waals surface area (Å²) in [7, 11) is 0. The van der Waals surface area contributed by atoms with Gasteiger partial charge in [-0.25, -0.2) is 0 Å². The molecule has 1 N–H and O–H groups in total. The van der Waals surface area contributed by atoms with Crippen molar-refractivity contribution in [2.75, 3.05) is 0 Å². The maximum Gasteiger partial charge on any atom is 0.312 e. The first kappa shape index (κ1) is 20.4. The van der Waals surface area contributed by atoms with Gasteiger partial charge in [0.25, 0.3) is 0 Å². The fourth-order valence-electron chi connectivity index (χ4n) is 2.74. The van der Waals surface area contributed by atoms with E-state index in [2.05, 4.69) is 17.2 Å². The number of benzene rings is 1. The Morgan fingerprint density at radius 3 is 2.77 bits per heavy atom. The molecule has 2 aromatic rings. The molecule has 0 radical (unpaired) electrons. The zero-order valence-corrected chi connectivity index (χ0v) is 16.5. The Balaban J connectivity index is 2.28. The molecule has 0 aliphatic rings. The van der Waals surface area contributed by atoms with Crippen LogP contribution >= 0.6 is 11.6 Å². The van der Waals surface area contributed by atoms with Crippen LogP contribution in [0.25, 0.3) is 0 Å². The van der Waals surface area contributed by atoms with Crippen LogP contribution < -0.4 is 0 Å². The molecule has 0 aliphatic carbocycles. The lowest BCUT2D eigenvalue weighted by atomic mass is 9.82. The van der Waals surface area contributed by atoms with Crippen LogP contribution in [0.15, 0.2) is 24.4 Å². The van der Waals surface area contributed by atoms with Gasteiger partial charge in [0.2, 0.25) is 0 Å². The fraction of sp³-hybridized carbons (Fsp3) is 0.526. The number of alkyl halides is 1. The summed E-state index contributed by atoms with van der Waals surface area (Å²) < 4.78 is 7.79. The van der Waals surface area contributed by atoms with Gasteiger partial charge in [0.1, 0.15) is 5.69 Å². The molecule has 1 heterocycles. The van der Waals surface area contributed by atoms with E-state index < -0.39 is 17.5 Å². The largest absolute Gasteiger partial charge is 0.481 e. The van der Waals surface area contributed by atoms with Crippen molar-refractivity contribution in [2.24, 2.45) is 5.41 Å². The molecule has 1 unspecified atom stereocenters. The van der Waals surface area contributed by atoms with Crippen molar-refractivity contribution in [3.8, 4) is 0 Å². The van der Waals surface area contributed by atoms with Crippen LogP contribution in [0, 0.1) is 12.3 Å². The highest BCUT2D eigenvalue weighted by atomic mass is 35.5. The first-order valence-corrected chi connectivity index (χ1v) is 9.22. The molecule has 1 atom stereocenters.